The van der Waals surface area contributed by atoms with E-state index in [0.29, 0.717) is 0 Å². The maximum atomic E-state index is 2.28. The molecule has 2 aliphatic rings. The van der Waals surface area contributed by atoms with Crippen molar-refractivity contribution in [2.45, 2.75) is 19.3 Å². The average Bonchev–Trinajstić information content (AvgIpc) is 3.08. The van der Waals surface area contributed by atoms with E-state index in [2.05, 4.69) is 60.7 Å². The van der Waals surface area contributed by atoms with Crippen molar-refractivity contribution in [2.75, 3.05) is 0 Å². The summed E-state index contributed by atoms with van der Waals surface area (Å²) < 4.78 is 0. The van der Waals surface area contributed by atoms with E-state index >= 15 is 0 Å². The Morgan fingerprint density at radius 2 is 1.21 bits per heavy atom. The van der Waals surface area contributed by atoms with Crippen LogP contribution >= 0.6 is 0 Å². The zero-order valence-electron chi connectivity index (χ0n) is 10.9. The van der Waals surface area contributed by atoms with Gasteiger partial charge in [-0.15, -0.1) is 0 Å². The van der Waals surface area contributed by atoms with Gasteiger partial charge in [0.2, 0.25) is 0 Å². The van der Waals surface area contributed by atoms with Crippen molar-refractivity contribution >= 4 is 12.2 Å². The van der Waals surface area contributed by atoms with Crippen LogP contribution in [0.5, 0.6) is 0 Å². The van der Waals surface area contributed by atoms with E-state index in [9.17, 15) is 0 Å². The molecule has 4 rings (SSSR count). The van der Waals surface area contributed by atoms with Crippen LogP contribution in [0.2, 0.25) is 0 Å². The third-order valence-electron chi connectivity index (χ3n) is 4.20. The summed E-state index contributed by atoms with van der Waals surface area (Å²) in [7, 11) is 0. The van der Waals surface area contributed by atoms with Crippen molar-refractivity contribution in [1.82, 2.24) is 0 Å². The summed E-state index contributed by atoms with van der Waals surface area (Å²) in [5.41, 5.74) is 8.75. The summed E-state index contributed by atoms with van der Waals surface area (Å²) in [6, 6.07) is 13.4. The van der Waals surface area contributed by atoms with Gasteiger partial charge in [0.05, 0.1) is 0 Å². The molecule has 0 saturated carbocycles. The fourth-order valence-electron chi connectivity index (χ4n) is 3.24. The largest absolute Gasteiger partial charge is 0.0795 e. The summed E-state index contributed by atoms with van der Waals surface area (Å²) in [6.45, 7) is 0. The molecule has 0 bridgehead atoms. The fourth-order valence-corrected chi connectivity index (χ4v) is 3.24. The van der Waals surface area contributed by atoms with Gasteiger partial charge in [-0.25, -0.2) is 0 Å². The number of fused-ring (bicyclic) bond motifs is 2. The van der Waals surface area contributed by atoms with Crippen LogP contribution in [0.1, 0.15) is 33.4 Å². The van der Waals surface area contributed by atoms with E-state index < -0.39 is 0 Å². The van der Waals surface area contributed by atoms with Gasteiger partial charge in [0, 0.05) is 0 Å². The molecule has 0 saturated heterocycles. The second-order valence-corrected chi connectivity index (χ2v) is 5.37. The maximum absolute atomic E-state index is 2.28. The van der Waals surface area contributed by atoms with Crippen molar-refractivity contribution in [1.29, 1.82) is 0 Å². The fraction of sp³-hybridized carbons (Fsp3) is 0.158. The lowest BCUT2D eigenvalue weighted by Gasteiger charge is -2.11. The molecule has 0 spiro atoms. The van der Waals surface area contributed by atoms with Crippen LogP contribution in [0.4, 0.5) is 0 Å². The lowest BCUT2D eigenvalue weighted by Crippen LogP contribution is -1.97. The van der Waals surface area contributed by atoms with Gasteiger partial charge < -0.3 is 0 Å². The van der Waals surface area contributed by atoms with Crippen LogP contribution in [-0.2, 0) is 19.3 Å². The maximum Gasteiger partial charge on any atom is -0.00137 e. The molecule has 0 aromatic heterocycles. The minimum Gasteiger partial charge on any atom is -0.0795 e. The highest BCUT2D eigenvalue weighted by molar-refractivity contribution is 5.67. The van der Waals surface area contributed by atoms with Crippen molar-refractivity contribution in [3.8, 4) is 0 Å². The number of allylic oxidation sites excluding steroid dienone is 2. The van der Waals surface area contributed by atoms with Gasteiger partial charge in [-0.1, -0.05) is 60.7 Å². The normalized spacial score (nSPS) is 14.7. The average molecular weight is 244 g/mol. The predicted molar refractivity (Wildman–Crippen MR) is 81.2 cm³/mol. The summed E-state index contributed by atoms with van der Waals surface area (Å²) in [5.74, 6) is 0. The molecule has 19 heavy (non-hydrogen) atoms. The first-order chi connectivity index (χ1) is 9.42. The summed E-state index contributed by atoms with van der Waals surface area (Å²) in [6.07, 6.45) is 12.3. The molecule has 0 atom stereocenters. The summed E-state index contributed by atoms with van der Waals surface area (Å²) in [5, 5.41) is 0. The minimum atomic E-state index is 1.04. The van der Waals surface area contributed by atoms with Crippen LogP contribution < -0.4 is 0 Å². The zero-order valence-corrected chi connectivity index (χ0v) is 10.9. The molecule has 0 fully saturated rings. The number of hydrogen-bond donors (Lipinski definition) is 0. The third kappa shape index (κ3) is 1.76. The lowest BCUT2D eigenvalue weighted by atomic mass is 9.93. The molecule has 0 radical (unpaired) electrons. The highest BCUT2D eigenvalue weighted by Crippen LogP contribution is 2.29. The standard InChI is InChI=1S/C19H16/c1-5-14-7-3-11-18(14)16(9-1)13-17-10-2-6-15-8-4-12-19(15)17/h1-6,9-12H,7-8,13H2. The summed E-state index contributed by atoms with van der Waals surface area (Å²) in [4.78, 5) is 0. The number of benzene rings is 2. The Morgan fingerprint density at radius 3 is 1.74 bits per heavy atom. The van der Waals surface area contributed by atoms with Gasteiger partial charge in [-0.3, -0.25) is 0 Å². The first-order valence-corrected chi connectivity index (χ1v) is 6.96. The molecule has 0 aliphatic heterocycles. The van der Waals surface area contributed by atoms with Crippen molar-refractivity contribution in [2.24, 2.45) is 0 Å². The van der Waals surface area contributed by atoms with Gasteiger partial charge in [-0.2, -0.15) is 0 Å². The molecule has 0 nitrogen and oxygen atoms in total. The summed E-state index contributed by atoms with van der Waals surface area (Å²) >= 11 is 0. The SMILES string of the molecule is C1=Cc2c(cccc2Cc2cccc3c2C=CC3)C1. The quantitative estimate of drug-likeness (QED) is 0.733. The second kappa shape index (κ2) is 4.24. The van der Waals surface area contributed by atoms with Gasteiger partial charge >= 0.3 is 0 Å². The Labute approximate surface area is 114 Å². The molecule has 2 aliphatic carbocycles. The van der Waals surface area contributed by atoms with Crippen LogP contribution in [-0.4, -0.2) is 0 Å². The van der Waals surface area contributed by atoms with Crippen LogP contribution in [0, 0.1) is 0 Å². The Kier molecular flexibility index (Phi) is 2.41. The molecule has 0 heteroatoms. The zero-order chi connectivity index (χ0) is 12.7. The highest BCUT2D eigenvalue weighted by atomic mass is 14.2. The van der Waals surface area contributed by atoms with Gasteiger partial charge in [0.1, 0.15) is 0 Å². The molecular formula is C19H16. The molecule has 0 heterocycles. The van der Waals surface area contributed by atoms with Crippen molar-refractivity contribution < 1.29 is 0 Å². The van der Waals surface area contributed by atoms with Gasteiger partial charge in [-0.05, 0) is 52.6 Å². The Bertz CT molecular complexity index is 640. The van der Waals surface area contributed by atoms with E-state index in [-0.39, 0.29) is 0 Å². The number of rotatable bonds is 2. The molecule has 0 N–H and O–H groups in total. The van der Waals surface area contributed by atoms with E-state index in [1.165, 1.54) is 33.4 Å². The van der Waals surface area contributed by atoms with Crippen molar-refractivity contribution in [3.05, 3.63) is 81.9 Å². The molecule has 92 valence electrons. The van der Waals surface area contributed by atoms with E-state index in [0.717, 1.165) is 19.3 Å². The van der Waals surface area contributed by atoms with Gasteiger partial charge in [0.25, 0.3) is 0 Å². The smallest absolute Gasteiger partial charge is 0.00137 e. The Hall–Kier alpha value is -2.08. The highest BCUT2D eigenvalue weighted by Gasteiger charge is 2.13. The molecular weight excluding hydrogens is 228 g/mol. The molecule has 0 amide bonds. The third-order valence-corrected chi connectivity index (χ3v) is 4.20. The van der Waals surface area contributed by atoms with Crippen LogP contribution in [0.25, 0.3) is 12.2 Å². The first-order valence-electron chi connectivity index (χ1n) is 6.96. The minimum absolute atomic E-state index is 1.04. The predicted octanol–water partition coefficient (Wildman–Crippen LogP) is 4.42. The molecule has 2 aromatic rings. The second-order valence-electron chi connectivity index (χ2n) is 5.37. The first kappa shape index (κ1) is 10.8. The molecule has 2 aromatic carbocycles. The lowest BCUT2D eigenvalue weighted by molar-refractivity contribution is 1.15. The molecule has 0 unspecified atom stereocenters. The van der Waals surface area contributed by atoms with E-state index in [1.807, 2.05) is 0 Å². The van der Waals surface area contributed by atoms with Crippen molar-refractivity contribution in [3.63, 3.8) is 0 Å². The topological polar surface area (TPSA) is 0 Å². The number of hydrogen-bond acceptors (Lipinski definition) is 0. The van der Waals surface area contributed by atoms with Crippen LogP contribution in [0.15, 0.2) is 48.6 Å². The van der Waals surface area contributed by atoms with Gasteiger partial charge in [0.15, 0.2) is 0 Å². The Balaban J connectivity index is 1.77. The van der Waals surface area contributed by atoms with Crippen LogP contribution in [0.3, 0.4) is 0 Å². The monoisotopic (exact) mass is 244 g/mol. The van der Waals surface area contributed by atoms with E-state index in [1.54, 1.807) is 0 Å². The Morgan fingerprint density at radius 1 is 0.684 bits per heavy atom. The van der Waals surface area contributed by atoms with E-state index in [4.69, 9.17) is 0 Å².